The van der Waals surface area contributed by atoms with Gasteiger partial charge in [0.15, 0.2) is 0 Å². The number of carboxylic acid groups (broad SMARTS) is 1. The molecule has 1 aromatic carbocycles. The topological polar surface area (TPSA) is 91.4 Å². The number of benzene rings is 1. The third-order valence-electron chi connectivity index (χ3n) is 3.57. The maximum Gasteiger partial charge on any atom is 0.326 e. The zero-order valence-corrected chi connectivity index (χ0v) is 13.1. The summed E-state index contributed by atoms with van der Waals surface area (Å²) in [7, 11) is 1.58. The van der Waals surface area contributed by atoms with Crippen molar-refractivity contribution in [3.8, 4) is 5.75 Å². The molecule has 122 valence electrons. The Morgan fingerprint density at radius 1 is 1.43 bits per heavy atom. The predicted molar refractivity (Wildman–Crippen MR) is 87.6 cm³/mol. The van der Waals surface area contributed by atoms with Crippen LogP contribution in [0.4, 0.5) is 0 Å². The summed E-state index contributed by atoms with van der Waals surface area (Å²) in [5.74, 6) is -0.669. The average molecular weight is 316 g/mol. The number of fused-ring (bicyclic) bond motifs is 1. The summed E-state index contributed by atoms with van der Waals surface area (Å²) >= 11 is 0. The minimum atomic E-state index is -1.04. The number of nitrogens with one attached hydrogen (secondary N) is 2. The fraction of sp³-hybridized carbons (Fsp3) is 0.294. The quantitative estimate of drug-likeness (QED) is 0.683. The number of carbonyl (C=O) groups excluding carboxylic acids is 1. The maximum atomic E-state index is 12.1. The number of methoxy groups -OCH3 is 1. The summed E-state index contributed by atoms with van der Waals surface area (Å²) in [5, 5.41) is 12.6. The Morgan fingerprint density at radius 3 is 2.87 bits per heavy atom. The summed E-state index contributed by atoms with van der Waals surface area (Å²) in [5.41, 5.74) is 1.70. The smallest absolute Gasteiger partial charge is 0.326 e. The van der Waals surface area contributed by atoms with Crippen molar-refractivity contribution >= 4 is 22.8 Å². The summed E-state index contributed by atoms with van der Waals surface area (Å²) in [6.07, 6.45) is 5.60. The Hall–Kier alpha value is -2.76. The number of H-pyrrole nitrogens is 1. The largest absolute Gasteiger partial charge is 0.497 e. The molecular formula is C17H20N2O4. The molecule has 0 bridgehead atoms. The van der Waals surface area contributed by atoms with E-state index < -0.39 is 12.0 Å². The van der Waals surface area contributed by atoms with Gasteiger partial charge in [-0.2, -0.15) is 0 Å². The van der Waals surface area contributed by atoms with Crippen LogP contribution < -0.4 is 10.1 Å². The van der Waals surface area contributed by atoms with Crippen LogP contribution in [-0.4, -0.2) is 35.1 Å². The number of rotatable bonds is 7. The molecule has 0 radical (unpaired) electrons. The second-order valence-corrected chi connectivity index (χ2v) is 5.17. The third kappa shape index (κ3) is 4.12. The number of amides is 1. The molecule has 3 N–H and O–H groups in total. The number of aromatic nitrogens is 1. The Labute approximate surface area is 134 Å². The number of hydrogen-bond donors (Lipinski definition) is 3. The van der Waals surface area contributed by atoms with Gasteiger partial charge in [0.2, 0.25) is 5.91 Å². The highest BCUT2D eigenvalue weighted by Crippen LogP contribution is 2.23. The maximum absolute atomic E-state index is 12.1. The third-order valence-corrected chi connectivity index (χ3v) is 3.57. The Morgan fingerprint density at radius 2 is 2.22 bits per heavy atom. The van der Waals surface area contributed by atoms with Gasteiger partial charge in [0.25, 0.3) is 0 Å². The normalized spacial score (nSPS) is 12.4. The molecular weight excluding hydrogens is 296 g/mol. The van der Waals surface area contributed by atoms with Crippen molar-refractivity contribution in [1.82, 2.24) is 10.3 Å². The summed E-state index contributed by atoms with van der Waals surface area (Å²) in [6, 6.07) is 4.64. The molecule has 2 rings (SSSR count). The van der Waals surface area contributed by atoms with Gasteiger partial charge < -0.3 is 20.1 Å². The molecule has 23 heavy (non-hydrogen) atoms. The molecule has 1 atom stereocenters. The molecule has 1 amide bonds. The molecule has 0 aliphatic carbocycles. The van der Waals surface area contributed by atoms with Crippen molar-refractivity contribution in [3.63, 3.8) is 0 Å². The molecule has 0 spiro atoms. The number of carbonyl (C=O) groups is 2. The lowest BCUT2D eigenvalue weighted by molar-refractivity contribution is -0.141. The van der Waals surface area contributed by atoms with Crippen LogP contribution in [0.1, 0.15) is 18.9 Å². The molecule has 1 heterocycles. The first kappa shape index (κ1) is 16.6. The number of aliphatic carboxylic acids is 1. The van der Waals surface area contributed by atoms with Crippen LogP contribution in [0.15, 0.2) is 36.5 Å². The van der Waals surface area contributed by atoms with Crippen LogP contribution in [0.3, 0.4) is 0 Å². The Balaban J connectivity index is 2.11. The molecule has 2 aromatic rings. The molecule has 0 aliphatic heterocycles. The van der Waals surface area contributed by atoms with Crippen molar-refractivity contribution in [2.75, 3.05) is 7.11 Å². The first-order chi connectivity index (χ1) is 11.0. The monoisotopic (exact) mass is 316 g/mol. The lowest BCUT2D eigenvalue weighted by atomic mass is 10.1. The van der Waals surface area contributed by atoms with Gasteiger partial charge in [0, 0.05) is 17.1 Å². The van der Waals surface area contributed by atoms with E-state index in [1.165, 1.54) is 0 Å². The van der Waals surface area contributed by atoms with Gasteiger partial charge in [-0.1, -0.05) is 12.2 Å². The van der Waals surface area contributed by atoms with Gasteiger partial charge in [-0.25, -0.2) is 4.79 Å². The standard InChI is InChI=1S/C17H20N2O4/c1-3-4-5-15(17(21)22)19-16(20)8-11-10-18-14-7-6-12(23-2)9-13(11)14/h3-4,6-7,9-10,15,18H,5,8H2,1-2H3,(H,19,20)(H,21,22)/b4-3+. The van der Waals surface area contributed by atoms with E-state index in [9.17, 15) is 9.59 Å². The van der Waals surface area contributed by atoms with Crippen LogP contribution in [0.25, 0.3) is 10.9 Å². The van der Waals surface area contributed by atoms with Crippen molar-refractivity contribution < 1.29 is 19.4 Å². The minimum Gasteiger partial charge on any atom is -0.497 e. The summed E-state index contributed by atoms with van der Waals surface area (Å²) < 4.78 is 5.19. The number of hydrogen-bond acceptors (Lipinski definition) is 3. The van der Waals surface area contributed by atoms with Gasteiger partial charge in [-0.3, -0.25) is 4.79 Å². The van der Waals surface area contributed by atoms with Crippen LogP contribution in [0.2, 0.25) is 0 Å². The van der Waals surface area contributed by atoms with Crippen molar-refractivity contribution in [2.24, 2.45) is 0 Å². The first-order valence-electron chi connectivity index (χ1n) is 7.32. The number of carboxylic acids is 1. The van der Waals surface area contributed by atoms with E-state index in [0.717, 1.165) is 16.5 Å². The average Bonchev–Trinajstić information content (AvgIpc) is 2.93. The van der Waals surface area contributed by atoms with E-state index in [0.29, 0.717) is 5.75 Å². The van der Waals surface area contributed by atoms with Gasteiger partial charge >= 0.3 is 5.97 Å². The second kappa shape index (κ2) is 7.49. The number of allylic oxidation sites excluding steroid dienone is 1. The molecule has 6 nitrogen and oxygen atoms in total. The van der Waals surface area contributed by atoms with Crippen molar-refractivity contribution in [1.29, 1.82) is 0 Å². The van der Waals surface area contributed by atoms with Crippen LogP contribution in [0, 0.1) is 0 Å². The SMILES string of the molecule is C/C=C/CC(NC(=O)Cc1c[nH]c2ccc(OC)cc12)C(=O)O. The van der Waals surface area contributed by atoms with Crippen molar-refractivity contribution in [2.45, 2.75) is 25.8 Å². The molecule has 0 saturated carbocycles. The fourth-order valence-electron chi connectivity index (χ4n) is 2.34. The van der Waals surface area contributed by atoms with E-state index >= 15 is 0 Å². The van der Waals surface area contributed by atoms with E-state index in [4.69, 9.17) is 9.84 Å². The molecule has 1 aromatic heterocycles. The summed E-state index contributed by atoms with van der Waals surface area (Å²) in [4.78, 5) is 26.4. The lowest BCUT2D eigenvalue weighted by Gasteiger charge is -2.12. The van der Waals surface area contributed by atoms with Gasteiger partial charge in [-0.05, 0) is 37.1 Å². The summed E-state index contributed by atoms with van der Waals surface area (Å²) in [6.45, 7) is 1.81. The van der Waals surface area contributed by atoms with Crippen LogP contribution >= 0.6 is 0 Å². The molecule has 0 fully saturated rings. The Kier molecular flexibility index (Phi) is 5.41. The lowest BCUT2D eigenvalue weighted by Crippen LogP contribution is -2.41. The highest BCUT2D eigenvalue weighted by molar-refractivity contribution is 5.91. The van der Waals surface area contributed by atoms with Gasteiger partial charge in [0.1, 0.15) is 11.8 Å². The van der Waals surface area contributed by atoms with E-state index in [1.54, 1.807) is 32.4 Å². The molecule has 6 heteroatoms. The fourth-order valence-corrected chi connectivity index (χ4v) is 2.34. The van der Waals surface area contributed by atoms with Gasteiger partial charge in [0.05, 0.1) is 13.5 Å². The zero-order chi connectivity index (χ0) is 16.8. The Bertz CT molecular complexity index is 733. The molecule has 0 saturated heterocycles. The predicted octanol–water partition coefficient (Wildman–Crippen LogP) is 2.25. The van der Waals surface area contributed by atoms with E-state index in [-0.39, 0.29) is 18.7 Å². The van der Waals surface area contributed by atoms with E-state index in [1.807, 2.05) is 18.2 Å². The first-order valence-corrected chi connectivity index (χ1v) is 7.32. The van der Waals surface area contributed by atoms with Crippen LogP contribution in [0.5, 0.6) is 5.75 Å². The number of aromatic amines is 1. The minimum absolute atomic E-state index is 0.104. The van der Waals surface area contributed by atoms with E-state index in [2.05, 4.69) is 10.3 Å². The number of ether oxygens (including phenoxy) is 1. The zero-order valence-electron chi connectivity index (χ0n) is 13.1. The highest BCUT2D eigenvalue weighted by Gasteiger charge is 2.19. The highest BCUT2D eigenvalue weighted by atomic mass is 16.5. The van der Waals surface area contributed by atoms with Crippen LogP contribution in [-0.2, 0) is 16.0 Å². The molecule has 0 aliphatic rings. The second-order valence-electron chi connectivity index (χ2n) is 5.17. The van der Waals surface area contributed by atoms with Crippen molar-refractivity contribution in [3.05, 3.63) is 42.1 Å². The molecule has 1 unspecified atom stereocenters. The van der Waals surface area contributed by atoms with Gasteiger partial charge in [-0.15, -0.1) is 0 Å².